The van der Waals surface area contributed by atoms with Crippen LogP contribution in [0.25, 0.3) is 11.1 Å². The van der Waals surface area contributed by atoms with Crippen LogP contribution >= 0.6 is 0 Å². The molecule has 0 atom stereocenters. The number of fused-ring (bicyclic) bond motifs is 1. The number of amides is 1. The molecule has 1 amide bonds. The Hall–Kier alpha value is -1.53. The van der Waals surface area contributed by atoms with Crippen molar-refractivity contribution >= 4 is 13.2 Å². The SMILES string of the molecule is CC(C)(C)OC(=O)NCB(O)O.c1cc2ccc1-2. The van der Waals surface area contributed by atoms with Crippen LogP contribution in [0.5, 0.6) is 0 Å². The Bertz CT molecular complexity index is 377. The van der Waals surface area contributed by atoms with Crippen LogP contribution in [0.1, 0.15) is 20.8 Å². The Morgan fingerprint density at radius 1 is 1.22 bits per heavy atom. The molecule has 0 spiro atoms. The summed E-state index contributed by atoms with van der Waals surface area (Å²) in [6.45, 7) is 5.17. The number of nitrogens with one attached hydrogen (secondary N) is 1. The van der Waals surface area contributed by atoms with Crippen molar-refractivity contribution in [3.8, 4) is 11.1 Å². The molecule has 2 rings (SSSR count). The molecule has 0 radical (unpaired) electrons. The van der Waals surface area contributed by atoms with E-state index in [1.807, 2.05) is 0 Å². The molecule has 5 nitrogen and oxygen atoms in total. The van der Waals surface area contributed by atoms with Crippen molar-refractivity contribution in [2.75, 3.05) is 6.44 Å². The van der Waals surface area contributed by atoms with Gasteiger partial charge < -0.3 is 20.1 Å². The summed E-state index contributed by atoms with van der Waals surface area (Å²) in [5.41, 5.74) is 2.29. The average Bonchev–Trinajstić information content (AvgIpc) is 2.19. The standard InChI is InChI=1S/C6H14BNO4.C6H4/c1-6(2,3)12-5(9)8-4-7(10)11;1-2-6-4-3-5(1)6/h10-11H,4H2,1-3H3,(H,8,9);1-4H. The first-order valence-electron chi connectivity index (χ1n) is 5.71. The second-order valence-corrected chi connectivity index (χ2v) is 4.94. The zero-order valence-electron chi connectivity index (χ0n) is 10.8. The molecule has 98 valence electrons. The topological polar surface area (TPSA) is 78.8 Å². The maximum Gasteiger partial charge on any atom is 0.472 e. The molecule has 0 bridgehead atoms. The highest BCUT2D eigenvalue weighted by molar-refractivity contribution is 6.41. The number of alkyl carbamates (subject to hydrolysis) is 1. The zero-order valence-corrected chi connectivity index (χ0v) is 10.8. The summed E-state index contributed by atoms with van der Waals surface area (Å²) in [4.78, 5) is 10.8. The van der Waals surface area contributed by atoms with Gasteiger partial charge in [-0.05, 0) is 31.9 Å². The van der Waals surface area contributed by atoms with Crippen molar-refractivity contribution in [1.82, 2.24) is 5.32 Å². The van der Waals surface area contributed by atoms with Crippen molar-refractivity contribution < 1.29 is 19.6 Å². The van der Waals surface area contributed by atoms with E-state index in [0.29, 0.717) is 0 Å². The van der Waals surface area contributed by atoms with Crippen LogP contribution in [0.15, 0.2) is 24.3 Å². The lowest BCUT2D eigenvalue weighted by molar-refractivity contribution is 0.0532. The van der Waals surface area contributed by atoms with E-state index in [2.05, 4.69) is 29.6 Å². The Labute approximate surface area is 107 Å². The van der Waals surface area contributed by atoms with E-state index in [0.717, 1.165) is 0 Å². The minimum Gasteiger partial charge on any atom is -0.444 e. The van der Waals surface area contributed by atoms with E-state index < -0.39 is 18.8 Å². The maximum absolute atomic E-state index is 10.8. The van der Waals surface area contributed by atoms with Gasteiger partial charge in [0, 0.05) is 0 Å². The van der Waals surface area contributed by atoms with Crippen LogP contribution in [0, 0.1) is 0 Å². The minimum absolute atomic E-state index is 0.227. The van der Waals surface area contributed by atoms with Gasteiger partial charge in [0.2, 0.25) is 0 Å². The van der Waals surface area contributed by atoms with E-state index in [1.165, 1.54) is 11.1 Å². The largest absolute Gasteiger partial charge is 0.472 e. The molecule has 2 aliphatic carbocycles. The molecule has 0 aromatic heterocycles. The third-order valence-electron chi connectivity index (χ3n) is 2.05. The Kier molecular flexibility index (Phi) is 4.75. The first kappa shape index (κ1) is 14.5. The van der Waals surface area contributed by atoms with Gasteiger partial charge in [-0.25, -0.2) is 4.79 Å². The third-order valence-corrected chi connectivity index (χ3v) is 2.05. The lowest BCUT2D eigenvalue weighted by Crippen LogP contribution is -2.38. The van der Waals surface area contributed by atoms with Crippen molar-refractivity contribution in [3.63, 3.8) is 0 Å². The van der Waals surface area contributed by atoms with Crippen molar-refractivity contribution in [2.24, 2.45) is 0 Å². The fraction of sp³-hybridized carbons (Fsp3) is 0.417. The van der Waals surface area contributed by atoms with Gasteiger partial charge >= 0.3 is 13.2 Å². The summed E-state index contributed by atoms with van der Waals surface area (Å²) in [5, 5.41) is 18.9. The molecule has 0 unspecified atom stereocenters. The molecule has 0 aliphatic heterocycles. The zero-order chi connectivity index (χ0) is 13.8. The number of carbonyl (C=O) groups excluding carboxylic acids is 1. The van der Waals surface area contributed by atoms with Crippen molar-refractivity contribution in [2.45, 2.75) is 26.4 Å². The molecular weight excluding hydrogens is 233 g/mol. The van der Waals surface area contributed by atoms with Gasteiger partial charge in [-0.1, -0.05) is 24.3 Å². The van der Waals surface area contributed by atoms with Crippen molar-refractivity contribution in [3.05, 3.63) is 24.3 Å². The smallest absolute Gasteiger partial charge is 0.444 e. The highest BCUT2D eigenvalue weighted by Crippen LogP contribution is 2.29. The number of ether oxygens (including phenoxy) is 1. The molecule has 0 saturated heterocycles. The van der Waals surface area contributed by atoms with Crippen LogP contribution in [0.2, 0.25) is 0 Å². The van der Waals surface area contributed by atoms with E-state index in [9.17, 15) is 4.79 Å². The molecule has 18 heavy (non-hydrogen) atoms. The molecule has 0 heterocycles. The van der Waals surface area contributed by atoms with Gasteiger partial charge in [-0.3, -0.25) is 0 Å². The van der Waals surface area contributed by atoms with Gasteiger partial charge in [0.05, 0.1) is 6.44 Å². The van der Waals surface area contributed by atoms with Gasteiger partial charge in [0.1, 0.15) is 5.60 Å². The van der Waals surface area contributed by atoms with Gasteiger partial charge in [-0.15, -0.1) is 0 Å². The summed E-state index contributed by atoms with van der Waals surface area (Å²) in [6, 6.07) is 8.48. The predicted octanol–water partition coefficient (Wildman–Crippen LogP) is 1.19. The number of hydrogen-bond donors (Lipinski definition) is 3. The number of hydrogen-bond acceptors (Lipinski definition) is 4. The second kappa shape index (κ2) is 5.88. The molecule has 0 fully saturated rings. The van der Waals surface area contributed by atoms with Crippen LogP contribution in [0.3, 0.4) is 0 Å². The fourth-order valence-corrected chi connectivity index (χ4v) is 1.15. The van der Waals surface area contributed by atoms with Gasteiger partial charge in [-0.2, -0.15) is 0 Å². The third kappa shape index (κ3) is 5.20. The molecule has 2 aliphatic rings. The van der Waals surface area contributed by atoms with Gasteiger partial charge in [0.25, 0.3) is 0 Å². The predicted molar refractivity (Wildman–Crippen MR) is 69.9 cm³/mol. The maximum atomic E-state index is 10.8. The first-order valence-corrected chi connectivity index (χ1v) is 5.71. The average molecular weight is 251 g/mol. The Morgan fingerprint density at radius 2 is 1.67 bits per heavy atom. The summed E-state index contributed by atoms with van der Waals surface area (Å²) < 4.78 is 4.82. The molecular formula is C12H18BNO4. The molecule has 0 aromatic rings. The molecule has 6 heteroatoms. The molecule has 0 saturated carbocycles. The van der Waals surface area contributed by atoms with E-state index in [4.69, 9.17) is 14.8 Å². The Balaban J connectivity index is 0.000000217. The summed E-state index contributed by atoms with van der Waals surface area (Å²) in [5.74, 6) is 0. The number of benzene rings is 1. The highest BCUT2D eigenvalue weighted by atomic mass is 16.6. The summed E-state index contributed by atoms with van der Waals surface area (Å²) in [7, 11) is -1.54. The Morgan fingerprint density at radius 3 is 1.89 bits per heavy atom. The number of rotatable bonds is 2. The molecule has 0 aromatic carbocycles. The van der Waals surface area contributed by atoms with Crippen LogP contribution in [0.4, 0.5) is 4.79 Å². The summed E-state index contributed by atoms with van der Waals surface area (Å²) >= 11 is 0. The highest BCUT2D eigenvalue weighted by Gasteiger charge is 2.17. The monoisotopic (exact) mass is 251 g/mol. The van der Waals surface area contributed by atoms with Gasteiger partial charge in [0.15, 0.2) is 0 Å². The lowest BCUT2D eigenvalue weighted by atomic mass is 9.93. The lowest BCUT2D eigenvalue weighted by Gasteiger charge is -2.19. The number of carbonyl (C=O) groups is 1. The summed E-state index contributed by atoms with van der Waals surface area (Å²) in [6.07, 6.45) is -0.884. The van der Waals surface area contributed by atoms with Crippen LogP contribution in [-0.4, -0.2) is 35.3 Å². The second-order valence-electron chi connectivity index (χ2n) is 4.94. The minimum atomic E-state index is -1.54. The van der Waals surface area contributed by atoms with Crippen molar-refractivity contribution in [1.29, 1.82) is 0 Å². The first-order chi connectivity index (χ1) is 8.28. The fourth-order valence-electron chi connectivity index (χ4n) is 1.15. The van der Waals surface area contributed by atoms with E-state index in [-0.39, 0.29) is 6.44 Å². The van der Waals surface area contributed by atoms with Crippen LogP contribution in [-0.2, 0) is 4.74 Å². The van der Waals surface area contributed by atoms with E-state index in [1.54, 1.807) is 20.8 Å². The molecule has 3 N–H and O–H groups in total. The van der Waals surface area contributed by atoms with E-state index >= 15 is 0 Å². The normalized spacial score (nSPS) is 10.9. The quantitative estimate of drug-likeness (QED) is 0.700. The van der Waals surface area contributed by atoms with Crippen LogP contribution < -0.4 is 5.32 Å².